The molecule has 1 aliphatic rings. The van der Waals surface area contributed by atoms with Crippen LogP contribution < -0.4 is 4.90 Å². The molecule has 2 N–H and O–H groups in total. The topological polar surface area (TPSA) is 77.8 Å². The third-order valence-electron chi connectivity index (χ3n) is 2.60. The first kappa shape index (κ1) is 12.1. The number of carboxylic acids is 1. The third-order valence-corrected chi connectivity index (χ3v) is 3.44. The van der Waals surface area contributed by atoms with Gasteiger partial charge in [0.25, 0.3) is 0 Å². The van der Waals surface area contributed by atoms with Crippen molar-refractivity contribution in [3.8, 4) is 0 Å². The highest BCUT2D eigenvalue weighted by atomic mass is 79.9. The lowest BCUT2D eigenvalue weighted by atomic mass is 10.2. The standard InChI is InChI=1S/C11H10BrNO4/c12-10-7(11(16)17)2-1-3-8(10)13-5-6(14)4-9(13)15/h1-3,6,14H,4-5H2,(H,16,17). The molecule has 1 aromatic carbocycles. The van der Waals surface area contributed by atoms with Crippen molar-refractivity contribution in [3.05, 3.63) is 28.2 Å². The quantitative estimate of drug-likeness (QED) is 0.861. The van der Waals surface area contributed by atoms with E-state index < -0.39 is 12.1 Å². The molecule has 0 radical (unpaired) electrons. The van der Waals surface area contributed by atoms with E-state index >= 15 is 0 Å². The highest BCUT2D eigenvalue weighted by molar-refractivity contribution is 9.10. The molecule has 90 valence electrons. The molecule has 0 saturated carbocycles. The summed E-state index contributed by atoms with van der Waals surface area (Å²) >= 11 is 3.18. The maximum Gasteiger partial charge on any atom is 0.336 e. The van der Waals surface area contributed by atoms with Gasteiger partial charge in [0.15, 0.2) is 0 Å². The Kier molecular flexibility index (Phi) is 3.17. The number of carbonyl (C=O) groups excluding carboxylic acids is 1. The molecule has 0 aromatic heterocycles. The molecule has 0 aliphatic carbocycles. The van der Waals surface area contributed by atoms with Gasteiger partial charge in [-0.05, 0) is 28.1 Å². The third kappa shape index (κ3) is 2.18. The van der Waals surface area contributed by atoms with Crippen molar-refractivity contribution in [2.45, 2.75) is 12.5 Å². The summed E-state index contributed by atoms with van der Waals surface area (Å²) in [4.78, 5) is 24.0. The highest BCUT2D eigenvalue weighted by Crippen LogP contribution is 2.32. The zero-order valence-corrected chi connectivity index (χ0v) is 10.3. The van der Waals surface area contributed by atoms with E-state index in [1.54, 1.807) is 12.1 Å². The number of aliphatic hydroxyl groups is 1. The average molecular weight is 300 g/mol. The minimum atomic E-state index is -1.06. The lowest BCUT2D eigenvalue weighted by molar-refractivity contribution is -0.117. The fourth-order valence-corrected chi connectivity index (χ4v) is 2.46. The van der Waals surface area contributed by atoms with Crippen LogP contribution >= 0.6 is 15.9 Å². The van der Waals surface area contributed by atoms with E-state index in [0.717, 1.165) is 0 Å². The van der Waals surface area contributed by atoms with E-state index in [4.69, 9.17) is 5.11 Å². The molecule has 1 saturated heterocycles. The predicted molar refractivity (Wildman–Crippen MR) is 64.1 cm³/mol. The van der Waals surface area contributed by atoms with Crippen LogP contribution in [0.2, 0.25) is 0 Å². The van der Waals surface area contributed by atoms with Crippen LogP contribution in [0.1, 0.15) is 16.8 Å². The summed E-state index contributed by atoms with van der Waals surface area (Å²) < 4.78 is 0.356. The summed E-state index contributed by atoms with van der Waals surface area (Å²) in [5.74, 6) is -1.27. The van der Waals surface area contributed by atoms with E-state index in [2.05, 4.69) is 15.9 Å². The Balaban J connectivity index is 2.43. The number of carboxylic acid groups (broad SMARTS) is 1. The largest absolute Gasteiger partial charge is 0.478 e. The van der Waals surface area contributed by atoms with E-state index in [1.165, 1.54) is 11.0 Å². The van der Waals surface area contributed by atoms with Gasteiger partial charge in [0, 0.05) is 0 Å². The molecule has 1 amide bonds. The Morgan fingerprint density at radius 1 is 1.47 bits per heavy atom. The Bertz CT molecular complexity index is 488. The second-order valence-corrected chi connectivity index (χ2v) is 4.60. The number of halogens is 1. The van der Waals surface area contributed by atoms with Crippen LogP contribution in [0, 0.1) is 0 Å². The van der Waals surface area contributed by atoms with Crippen molar-refractivity contribution >= 4 is 33.5 Å². The maximum atomic E-state index is 11.6. The summed E-state index contributed by atoms with van der Waals surface area (Å²) in [6.45, 7) is 0.195. The Labute approximate surface area is 106 Å². The van der Waals surface area contributed by atoms with Gasteiger partial charge in [0.1, 0.15) is 0 Å². The smallest absolute Gasteiger partial charge is 0.336 e. The number of aromatic carboxylic acids is 1. The number of β-amino-alcohol motifs (C(OH)–C–C–N with tert-alkyl or cyclic N) is 1. The van der Waals surface area contributed by atoms with Crippen LogP contribution in [-0.4, -0.2) is 34.7 Å². The number of hydrogen-bond acceptors (Lipinski definition) is 3. The van der Waals surface area contributed by atoms with E-state index in [9.17, 15) is 14.7 Å². The highest BCUT2D eigenvalue weighted by Gasteiger charge is 2.31. The van der Waals surface area contributed by atoms with Crippen LogP contribution in [0.3, 0.4) is 0 Å². The summed E-state index contributed by atoms with van der Waals surface area (Å²) in [7, 11) is 0. The lowest BCUT2D eigenvalue weighted by Crippen LogP contribution is -2.26. The van der Waals surface area contributed by atoms with Gasteiger partial charge < -0.3 is 15.1 Å². The molecule has 1 fully saturated rings. The molecule has 6 heteroatoms. The second-order valence-electron chi connectivity index (χ2n) is 3.81. The van der Waals surface area contributed by atoms with Crippen LogP contribution in [-0.2, 0) is 4.79 Å². The molecule has 17 heavy (non-hydrogen) atoms. The second kappa shape index (κ2) is 4.46. The molecule has 0 bridgehead atoms. The molecule has 5 nitrogen and oxygen atoms in total. The van der Waals surface area contributed by atoms with Crippen LogP contribution in [0.4, 0.5) is 5.69 Å². The summed E-state index contributed by atoms with van der Waals surface area (Å²) in [6.07, 6.45) is -0.619. The molecular formula is C11H10BrNO4. The maximum absolute atomic E-state index is 11.6. The molecular weight excluding hydrogens is 290 g/mol. The van der Waals surface area contributed by atoms with Gasteiger partial charge >= 0.3 is 5.97 Å². The predicted octanol–water partition coefficient (Wildman–Crippen LogP) is 1.24. The van der Waals surface area contributed by atoms with Gasteiger partial charge in [-0.25, -0.2) is 4.79 Å². The summed E-state index contributed by atoms with van der Waals surface area (Å²) in [6, 6.07) is 4.67. The number of benzene rings is 1. The molecule has 1 unspecified atom stereocenters. The fraction of sp³-hybridized carbons (Fsp3) is 0.273. The SMILES string of the molecule is O=C(O)c1cccc(N2CC(O)CC2=O)c1Br. The first-order chi connectivity index (χ1) is 8.00. The zero-order chi connectivity index (χ0) is 12.6. The van der Waals surface area contributed by atoms with Gasteiger partial charge in [-0.15, -0.1) is 0 Å². The van der Waals surface area contributed by atoms with E-state index in [-0.39, 0.29) is 24.4 Å². The molecule has 1 aromatic rings. The van der Waals surface area contributed by atoms with Crippen molar-refractivity contribution in [1.29, 1.82) is 0 Å². The first-order valence-electron chi connectivity index (χ1n) is 5.01. The summed E-state index contributed by atoms with van der Waals surface area (Å²) in [5.41, 5.74) is 0.572. The fourth-order valence-electron chi connectivity index (χ4n) is 1.81. The zero-order valence-electron chi connectivity index (χ0n) is 8.76. The van der Waals surface area contributed by atoms with E-state index in [0.29, 0.717) is 10.2 Å². The van der Waals surface area contributed by atoms with Gasteiger partial charge in [0.05, 0.1) is 34.8 Å². The molecule has 1 aliphatic heterocycles. The number of rotatable bonds is 2. The number of anilines is 1. The lowest BCUT2D eigenvalue weighted by Gasteiger charge is -2.18. The minimum absolute atomic E-state index is 0.0732. The average Bonchev–Trinajstić information content (AvgIpc) is 2.57. The van der Waals surface area contributed by atoms with Crippen molar-refractivity contribution in [3.63, 3.8) is 0 Å². The Morgan fingerprint density at radius 2 is 2.18 bits per heavy atom. The number of nitrogens with zero attached hydrogens (tertiary/aromatic N) is 1. The Morgan fingerprint density at radius 3 is 2.71 bits per heavy atom. The summed E-state index contributed by atoms with van der Waals surface area (Å²) in [5, 5.41) is 18.4. The normalized spacial score (nSPS) is 19.8. The van der Waals surface area contributed by atoms with Crippen LogP contribution in [0.15, 0.2) is 22.7 Å². The molecule has 1 atom stereocenters. The molecule has 1 heterocycles. The van der Waals surface area contributed by atoms with Crippen molar-refractivity contribution in [1.82, 2.24) is 0 Å². The number of hydrogen-bond donors (Lipinski definition) is 2. The number of carbonyl (C=O) groups is 2. The van der Waals surface area contributed by atoms with Crippen molar-refractivity contribution in [2.75, 3.05) is 11.4 Å². The van der Waals surface area contributed by atoms with Gasteiger partial charge in [0.2, 0.25) is 5.91 Å². The monoisotopic (exact) mass is 299 g/mol. The van der Waals surface area contributed by atoms with Crippen LogP contribution in [0.5, 0.6) is 0 Å². The first-order valence-corrected chi connectivity index (χ1v) is 5.80. The number of amides is 1. The Hall–Kier alpha value is -1.40. The van der Waals surface area contributed by atoms with Crippen molar-refractivity contribution in [2.24, 2.45) is 0 Å². The molecule has 0 spiro atoms. The van der Waals surface area contributed by atoms with Crippen LogP contribution in [0.25, 0.3) is 0 Å². The van der Waals surface area contributed by atoms with E-state index in [1.807, 2.05) is 0 Å². The van der Waals surface area contributed by atoms with Gasteiger partial charge in [-0.2, -0.15) is 0 Å². The molecule has 2 rings (SSSR count). The van der Waals surface area contributed by atoms with Gasteiger partial charge in [-0.1, -0.05) is 6.07 Å². The minimum Gasteiger partial charge on any atom is -0.478 e. The van der Waals surface area contributed by atoms with Crippen molar-refractivity contribution < 1.29 is 19.8 Å². The number of aliphatic hydroxyl groups excluding tert-OH is 1. The van der Waals surface area contributed by atoms with Gasteiger partial charge in [-0.3, -0.25) is 4.79 Å².